The minimum absolute atomic E-state index is 0.196. The normalized spacial score (nSPS) is 15.9. The average molecular weight is 440 g/mol. The number of allylic oxidation sites excluding steroid dienone is 1. The van der Waals surface area contributed by atoms with Crippen molar-refractivity contribution in [3.8, 4) is 11.5 Å². The molecule has 2 aromatic rings. The third kappa shape index (κ3) is 5.35. The Morgan fingerprint density at radius 2 is 1.90 bits per heavy atom. The van der Waals surface area contributed by atoms with Crippen LogP contribution in [-0.2, 0) is 4.79 Å². The maximum atomic E-state index is 13.3. The first kappa shape index (κ1) is 22.6. The summed E-state index contributed by atoms with van der Waals surface area (Å²) in [6, 6.07) is 12.9. The van der Waals surface area contributed by atoms with Crippen LogP contribution in [0.25, 0.3) is 0 Å². The summed E-state index contributed by atoms with van der Waals surface area (Å²) in [4.78, 5) is 13.3. The highest BCUT2D eigenvalue weighted by molar-refractivity contribution is 7.80. The van der Waals surface area contributed by atoms with Crippen molar-refractivity contribution in [2.75, 3.05) is 19.0 Å². The number of hydrogen-bond donors (Lipinski definition) is 3. The second kappa shape index (κ2) is 9.83. The number of hydrogen-bond acceptors (Lipinski definition) is 4. The quantitative estimate of drug-likeness (QED) is 0.553. The van der Waals surface area contributed by atoms with Gasteiger partial charge in [0.15, 0.2) is 16.6 Å². The summed E-state index contributed by atoms with van der Waals surface area (Å²) >= 11 is 5.36. The number of rotatable bonds is 7. The molecule has 0 unspecified atom stereocenters. The number of carbonyl (C=O) groups is 1. The number of carbonyl (C=O) groups excluding carboxylic acids is 1. The molecule has 1 atom stereocenters. The fourth-order valence-electron chi connectivity index (χ4n) is 3.39. The zero-order valence-electron chi connectivity index (χ0n) is 18.5. The molecule has 0 radical (unpaired) electrons. The fourth-order valence-corrected chi connectivity index (χ4v) is 3.66. The summed E-state index contributed by atoms with van der Waals surface area (Å²) in [6.07, 6.45) is 0. The van der Waals surface area contributed by atoms with Gasteiger partial charge in [0.05, 0.1) is 25.3 Å². The first-order valence-electron chi connectivity index (χ1n) is 10.3. The summed E-state index contributed by atoms with van der Waals surface area (Å²) in [6.45, 7) is 8.58. The third-order valence-corrected chi connectivity index (χ3v) is 5.22. The van der Waals surface area contributed by atoms with Crippen molar-refractivity contribution in [3.05, 3.63) is 64.9 Å². The van der Waals surface area contributed by atoms with Crippen LogP contribution in [0.4, 0.5) is 5.69 Å². The molecule has 0 bridgehead atoms. The van der Waals surface area contributed by atoms with Gasteiger partial charge in [-0.05, 0) is 61.3 Å². The molecule has 0 spiro atoms. The SMILES string of the molecule is COc1cc([C@H]2NC(=S)NC(C)=C2C(=O)Nc2ccccc2C)ccc1OCC(C)C. The molecule has 0 fully saturated rings. The van der Waals surface area contributed by atoms with E-state index < -0.39 is 6.04 Å². The Morgan fingerprint density at radius 1 is 1.16 bits per heavy atom. The van der Waals surface area contributed by atoms with E-state index in [0.29, 0.717) is 40.4 Å². The van der Waals surface area contributed by atoms with Crippen molar-refractivity contribution < 1.29 is 14.3 Å². The van der Waals surface area contributed by atoms with Crippen molar-refractivity contribution in [1.82, 2.24) is 10.6 Å². The summed E-state index contributed by atoms with van der Waals surface area (Å²) in [5.41, 5.74) is 3.89. The second-order valence-electron chi connectivity index (χ2n) is 7.95. The summed E-state index contributed by atoms with van der Waals surface area (Å²) in [7, 11) is 1.61. The lowest BCUT2D eigenvalue weighted by Gasteiger charge is -2.31. The molecule has 164 valence electrons. The zero-order valence-corrected chi connectivity index (χ0v) is 19.4. The molecule has 2 aromatic carbocycles. The van der Waals surface area contributed by atoms with Crippen LogP contribution in [0.1, 0.15) is 37.9 Å². The van der Waals surface area contributed by atoms with Gasteiger partial charge in [-0.3, -0.25) is 4.79 Å². The van der Waals surface area contributed by atoms with E-state index in [0.717, 1.165) is 16.8 Å². The maximum Gasteiger partial charge on any atom is 0.255 e. The van der Waals surface area contributed by atoms with Gasteiger partial charge in [-0.1, -0.05) is 38.1 Å². The molecule has 0 aromatic heterocycles. The van der Waals surface area contributed by atoms with Crippen LogP contribution in [0.5, 0.6) is 11.5 Å². The van der Waals surface area contributed by atoms with E-state index >= 15 is 0 Å². The van der Waals surface area contributed by atoms with Gasteiger partial charge < -0.3 is 25.4 Å². The monoisotopic (exact) mass is 439 g/mol. The van der Waals surface area contributed by atoms with Crippen LogP contribution in [-0.4, -0.2) is 24.7 Å². The molecule has 1 aliphatic rings. The number of methoxy groups -OCH3 is 1. The number of aryl methyl sites for hydroxylation is 1. The second-order valence-corrected chi connectivity index (χ2v) is 8.36. The molecule has 31 heavy (non-hydrogen) atoms. The first-order valence-corrected chi connectivity index (χ1v) is 10.7. The van der Waals surface area contributed by atoms with Crippen LogP contribution in [0.15, 0.2) is 53.7 Å². The van der Waals surface area contributed by atoms with Gasteiger partial charge in [-0.2, -0.15) is 0 Å². The smallest absolute Gasteiger partial charge is 0.255 e. The van der Waals surface area contributed by atoms with Gasteiger partial charge in [0.2, 0.25) is 0 Å². The molecule has 0 saturated carbocycles. The van der Waals surface area contributed by atoms with Crippen molar-refractivity contribution in [3.63, 3.8) is 0 Å². The summed E-state index contributed by atoms with van der Waals surface area (Å²) in [5.74, 6) is 1.48. The lowest BCUT2D eigenvalue weighted by atomic mass is 9.94. The molecule has 1 amide bonds. The molecule has 0 aliphatic carbocycles. The van der Waals surface area contributed by atoms with Crippen LogP contribution < -0.4 is 25.4 Å². The molecule has 3 rings (SSSR count). The number of nitrogens with one attached hydrogen (secondary N) is 3. The molecule has 6 nitrogen and oxygen atoms in total. The van der Waals surface area contributed by atoms with E-state index in [2.05, 4.69) is 29.8 Å². The molecule has 7 heteroatoms. The molecule has 1 heterocycles. The largest absolute Gasteiger partial charge is 0.493 e. The van der Waals surface area contributed by atoms with E-state index in [1.54, 1.807) is 7.11 Å². The topological polar surface area (TPSA) is 71.6 Å². The summed E-state index contributed by atoms with van der Waals surface area (Å²) < 4.78 is 11.4. The van der Waals surface area contributed by atoms with Gasteiger partial charge in [0.25, 0.3) is 5.91 Å². The third-order valence-electron chi connectivity index (χ3n) is 5.00. The highest BCUT2D eigenvalue weighted by Gasteiger charge is 2.30. The number of anilines is 1. The van der Waals surface area contributed by atoms with Crippen molar-refractivity contribution in [2.24, 2.45) is 5.92 Å². The molecule has 0 saturated heterocycles. The predicted octanol–water partition coefficient (Wildman–Crippen LogP) is 4.47. The highest BCUT2D eigenvalue weighted by atomic mass is 32.1. The van der Waals surface area contributed by atoms with Crippen molar-refractivity contribution >= 4 is 28.9 Å². The lowest BCUT2D eigenvalue weighted by Crippen LogP contribution is -2.45. The highest BCUT2D eigenvalue weighted by Crippen LogP contribution is 2.35. The number of para-hydroxylation sites is 1. The zero-order chi connectivity index (χ0) is 22.5. The Kier molecular flexibility index (Phi) is 7.17. The van der Waals surface area contributed by atoms with E-state index in [9.17, 15) is 4.79 Å². The number of benzene rings is 2. The van der Waals surface area contributed by atoms with Gasteiger partial charge in [0, 0.05) is 11.4 Å². The Morgan fingerprint density at radius 3 is 2.58 bits per heavy atom. The average Bonchev–Trinajstić information content (AvgIpc) is 2.73. The number of thiocarbonyl (C=S) groups is 1. The Labute approximate surface area is 189 Å². The van der Waals surface area contributed by atoms with Crippen LogP contribution in [0.2, 0.25) is 0 Å². The van der Waals surface area contributed by atoms with E-state index in [4.69, 9.17) is 21.7 Å². The van der Waals surface area contributed by atoms with Crippen molar-refractivity contribution in [1.29, 1.82) is 0 Å². The Hall–Kier alpha value is -3.06. The van der Waals surface area contributed by atoms with Gasteiger partial charge in [-0.15, -0.1) is 0 Å². The van der Waals surface area contributed by atoms with E-state index in [-0.39, 0.29) is 5.91 Å². The van der Waals surface area contributed by atoms with Gasteiger partial charge in [0.1, 0.15) is 0 Å². The van der Waals surface area contributed by atoms with Crippen LogP contribution in [0, 0.1) is 12.8 Å². The minimum atomic E-state index is -0.425. The Balaban J connectivity index is 1.94. The Bertz CT molecular complexity index is 1020. The first-order chi connectivity index (χ1) is 14.8. The minimum Gasteiger partial charge on any atom is -0.493 e. The van der Waals surface area contributed by atoms with E-state index in [1.807, 2.05) is 56.3 Å². The van der Waals surface area contributed by atoms with Gasteiger partial charge >= 0.3 is 0 Å². The predicted molar refractivity (Wildman–Crippen MR) is 127 cm³/mol. The van der Waals surface area contributed by atoms with Crippen LogP contribution >= 0.6 is 12.2 Å². The molecular weight excluding hydrogens is 410 g/mol. The summed E-state index contributed by atoms with van der Waals surface area (Å²) in [5, 5.41) is 9.78. The number of ether oxygens (including phenoxy) is 2. The standard InChI is InChI=1S/C24H29N3O3S/c1-14(2)13-30-19-11-10-17(12-20(19)29-5)22-21(16(4)25-24(31)27-22)23(28)26-18-9-7-6-8-15(18)3/h6-12,14,22H,13H2,1-5H3,(H,26,28)(H2,25,27,31)/t22-/m1/s1. The van der Waals surface area contributed by atoms with Crippen molar-refractivity contribution in [2.45, 2.75) is 33.7 Å². The molecule has 1 aliphatic heterocycles. The maximum absolute atomic E-state index is 13.3. The van der Waals surface area contributed by atoms with Gasteiger partial charge in [-0.25, -0.2) is 0 Å². The van der Waals surface area contributed by atoms with Crippen LogP contribution in [0.3, 0.4) is 0 Å². The fraction of sp³-hybridized carbons (Fsp3) is 0.333. The molecule has 3 N–H and O–H groups in total. The van der Waals surface area contributed by atoms with E-state index in [1.165, 1.54) is 0 Å². The number of amides is 1. The lowest BCUT2D eigenvalue weighted by molar-refractivity contribution is -0.113. The molecular formula is C24H29N3O3S.